The molecule has 0 unspecified atom stereocenters. The van der Waals surface area contributed by atoms with Crippen LogP contribution < -0.4 is 10.2 Å². The van der Waals surface area contributed by atoms with E-state index in [1.54, 1.807) is 19.1 Å². The Morgan fingerprint density at radius 3 is 2.46 bits per heavy atom. The highest BCUT2D eigenvalue weighted by atomic mass is 32.1. The molecule has 142 valence electrons. The van der Waals surface area contributed by atoms with E-state index in [0.717, 1.165) is 5.56 Å². The van der Waals surface area contributed by atoms with Gasteiger partial charge in [-0.05, 0) is 62.0 Å². The first-order chi connectivity index (χ1) is 13.3. The number of hydrogen-bond donors (Lipinski definition) is 2. The Kier molecular flexibility index (Phi) is 5.32. The van der Waals surface area contributed by atoms with Gasteiger partial charge in [0.25, 0.3) is 5.91 Å². The van der Waals surface area contributed by atoms with Crippen molar-refractivity contribution in [1.29, 1.82) is 0 Å². The van der Waals surface area contributed by atoms with Gasteiger partial charge in [-0.25, -0.2) is 4.79 Å². The maximum absolute atomic E-state index is 12.9. The summed E-state index contributed by atoms with van der Waals surface area (Å²) in [4.78, 5) is 41.7. The molecule has 2 aromatic carbocycles. The molecule has 2 amide bonds. The number of hydrogen-bond acceptors (Lipinski definition) is 5. The summed E-state index contributed by atoms with van der Waals surface area (Å²) in [6, 6.07) is 11.6. The number of amides is 2. The summed E-state index contributed by atoms with van der Waals surface area (Å²) in [7, 11) is 0. The fourth-order valence-electron chi connectivity index (χ4n) is 2.75. The van der Waals surface area contributed by atoms with Crippen LogP contribution in [-0.2, 0) is 9.59 Å². The number of rotatable bonds is 4. The average Bonchev–Trinajstić information content (AvgIpc) is 2.63. The summed E-state index contributed by atoms with van der Waals surface area (Å²) >= 11 is 5.16. The summed E-state index contributed by atoms with van der Waals surface area (Å²) in [5.74, 6) is -3.24. The molecule has 1 aliphatic heterocycles. The molecule has 0 aliphatic carbocycles. The van der Waals surface area contributed by atoms with E-state index in [1.165, 1.54) is 29.3 Å². The van der Waals surface area contributed by atoms with Crippen molar-refractivity contribution in [3.05, 3.63) is 59.2 Å². The first-order valence-electron chi connectivity index (χ1n) is 8.41. The lowest BCUT2D eigenvalue weighted by Gasteiger charge is -2.31. The molecular weight excluding hydrogens is 378 g/mol. The van der Waals surface area contributed by atoms with Crippen molar-refractivity contribution in [1.82, 2.24) is 5.32 Å². The lowest BCUT2D eigenvalue weighted by molar-refractivity contribution is -0.130. The number of nitrogens with one attached hydrogen (secondary N) is 1. The number of aromatic carboxylic acids is 1. The highest BCUT2D eigenvalue weighted by Crippen LogP contribution is 2.23. The molecule has 1 fully saturated rings. The van der Waals surface area contributed by atoms with Gasteiger partial charge in [-0.15, -0.1) is 0 Å². The minimum absolute atomic E-state index is 0.0190. The molecule has 0 radical (unpaired) electrons. The molecule has 1 saturated heterocycles. The van der Waals surface area contributed by atoms with Crippen LogP contribution in [0.3, 0.4) is 0 Å². The summed E-state index contributed by atoms with van der Waals surface area (Å²) in [5, 5.41) is 11.6. The van der Waals surface area contributed by atoms with Crippen molar-refractivity contribution in [2.24, 2.45) is 10.9 Å². The van der Waals surface area contributed by atoms with E-state index in [2.05, 4.69) is 10.3 Å². The normalized spacial score (nSPS) is 17.1. The van der Waals surface area contributed by atoms with Crippen molar-refractivity contribution >= 4 is 52.7 Å². The predicted octanol–water partition coefficient (Wildman–Crippen LogP) is 2.77. The summed E-state index contributed by atoms with van der Waals surface area (Å²) in [6.07, 6.45) is 1.25. The topological polar surface area (TPSA) is 99.1 Å². The van der Waals surface area contributed by atoms with E-state index >= 15 is 0 Å². The van der Waals surface area contributed by atoms with Gasteiger partial charge < -0.3 is 10.4 Å². The molecule has 0 aromatic heterocycles. The molecule has 1 aliphatic rings. The molecule has 8 heteroatoms. The minimum Gasteiger partial charge on any atom is -0.478 e. The molecule has 3 rings (SSSR count). The molecule has 1 heterocycles. The third kappa shape index (κ3) is 3.81. The van der Waals surface area contributed by atoms with Crippen LogP contribution in [0.25, 0.3) is 0 Å². The maximum Gasteiger partial charge on any atom is 0.335 e. The van der Waals surface area contributed by atoms with Gasteiger partial charge >= 0.3 is 5.97 Å². The first kappa shape index (κ1) is 19.4. The number of carboxylic acid groups (broad SMARTS) is 1. The monoisotopic (exact) mass is 395 g/mol. The highest BCUT2D eigenvalue weighted by molar-refractivity contribution is 7.80. The fraction of sp³-hybridized carbons (Fsp3) is 0.150. The van der Waals surface area contributed by atoms with Crippen LogP contribution in [0.5, 0.6) is 0 Å². The number of thiocarbonyl (C=S) groups is 1. The van der Waals surface area contributed by atoms with E-state index in [4.69, 9.17) is 17.3 Å². The van der Waals surface area contributed by atoms with E-state index in [9.17, 15) is 14.4 Å². The first-order valence-corrected chi connectivity index (χ1v) is 8.82. The maximum atomic E-state index is 12.9. The zero-order chi connectivity index (χ0) is 20.4. The number of carbonyl (C=O) groups is 3. The Hall–Kier alpha value is -3.39. The molecule has 0 spiro atoms. The third-order valence-corrected chi connectivity index (χ3v) is 4.59. The standard InChI is InChI=1S/C20H17N3O4S/c1-11-3-6-14(7-4-11)23-18(25)15(17(24)22-20(23)28)10-21-16-8-5-13(19(26)27)9-12(16)2/h3-10,15H,1-2H3,(H,26,27)(H,22,24,28)/t15-/m1/s1. The van der Waals surface area contributed by atoms with Crippen LogP contribution in [-0.4, -0.2) is 34.2 Å². The van der Waals surface area contributed by atoms with Crippen molar-refractivity contribution in [2.45, 2.75) is 13.8 Å². The van der Waals surface area contributed by atoms with Crippen molar-refractivity contribution < 1.29 is 19.5 Å². The van der Waals surface area contributed by atoms with Gasteiger partial charge in [0.2, 0.25) is 5.91 Å². The smallest absolute Gasteiger partial charge is 0.335 e. The van der Waals surface area contributed by atoms with Crippen LogP contribution in [0.2, 0.25) is 0 Å². The Balaban J connectivity index is 1.88. The minimum atomic E-state index is -1.15. The van der Waals surface area contributed by atoms with Gasteiger partial charge in [0.1, 0.15) is 0 Å². The summed E-state index contributed by atoms with van der Waals surface area (Å²) < 4.78 is 0. The molecule has 1 atom stereocenters. The quantitative estimate of drug-likeness (QED) is 0.471. The SMILES string of the molecule is Cc1ccc(N2C(=O)[C@H](C=Nc3ccc(C(=O)O)cc3C)C(=O)NC2=S)cc1. The van der Waals surface area contributed by atoms with Gasteiger partial charge in [0.15, 0.2) is 11.0 Å². The number of aliphatic imine (C=N–C) groups is 1. The van der Waals surface area contributed by atoms with E-state index in [0.29, 0.717) is 16.9 Å². The van der Waals surface area contributed by atoms with Gasteiger partial charge in [-0.3, -0.25) is 19.5 Å². The van der Waals surface area contributed by atoms with Gasteiger partial charge in [0, 0.05) is 6.21 Å². The Labute approximate surface area is 166 Å². The predicted molar refractivity (Wildman–Crippen MR) is 109 cm³/mol. The number of nitrogens with zero attached hydrogens (tertiary/aromatic N) is 2. The molecule has 0 bridgehead atoms. The summed E-state index contributed by atoms with van der Waals surface area (Å²) in [5.41, 5.74) is 2.81. The van der Waals surface area contributed by atoms with E-state index in [1.807, 2.05) is 19.1 Å². The van der Waals surface area contributed by atoms with E-state index in [-0.39, 0.29) is 10.7 Å². The Morgan fingerprint density at radius 1 is 1.18 bits per heavy atom. The number of benzene rings is 2. The zero-order valence-electron chi connectivity index (χ0n) is 15.2. The molecule has 0 saturated carbocycles. The molecule has 28 heavy (non-hydrogen) atoms. The van der Waals surface area contributed by atoms with E-state index < -0.39 is 23.7 Å². The average molecular weight is 395 g/mol. The van der Waals surface area contributed by atoms with Gasteiger partial charge in [0.05, 0.1) is 16.9 Å². The van der Waals surface area contributed by atoms with Crippen molar-refractivity contribution in [3.8, 4) is 0 Å². The van der Waals surface area contributed by atoms with Gasteiger partial charge in [-0.2, -0.15) is 0 Å². The van der Waals surface area contributed by atoms with Crippen molar-refractivity contribution in [2.75, 3.05) is 4.90 Å². The Bertz CT molecular complexity index is 1010. The summed E-state index contributed by atoms with van der Waals surface area (Å²) in [6.45, 7) is 3.63. The molecule has 2 aromatic rings. The second kappa shape index (κ2) is 7.69. The second-order valence-electron chi connectivity index (χ2n) is 6.37. The van der Waals surface area contributed by atoms with Crippen LogP contribution in [0, 0.1) is 19.8 Å². The van der Waals surface area contributed by atoms with Gasteiger partial charge in [-0.1, -0.05) is 17.7 Å². The number of anilines is 1. The highest BCUT2D eigenvalue weighted by Gasteiger charge is 2.38. The van der Waals surface area contributed by atoms with Crippen LogP contribution in [0.1, 0.15) is 21.5 Å². The molecule has 2 N–H and O–H groups in total. The zero-order valence-corrected chi connectivity index (χ0v) is 16.0. The second-order valence-corrected chi connectivity index (χ2v) is 6.75. The molecular formula is C20H17N3O4S. The number of carbonyl (C=O) groups excluding carboxylic acids is 2. The third-order valence-electron chi connectivity index (χ3n) is 4.30. The lowest BCUT2D eigenvalue weighted by atomic mass is 10.1. The fourth-order valence-corrected chi connectivity index (χ4v) is 3.04. The number of aryl methyl sites for hydroxylation is 2. The molecule has 7 nitrogen and oxygen atoms in total. The largest absolute Gasteiger partial charge is 0.478 e. The lowest BCUT2D eigenvalue weighted by Crippen LogP contribution is -2.58. The Morgan fingerprint density at radius 2 is 1.86 bits per heavy atom. The van der Waals surface area contributed by atoms with Crippen LogP contribution in [0.4, 0.5) is 11.4 Å². The van der Waals surface area contributed by atoms with Crippen LogP contribution in [0.15, 0.2) is 47.5 Å². The number of carboxylic acids is 1. The van der Waals surface area contributed by atoms with Crippen LogP contribution >= 0.6 is 12.2 Å². The van der Waals surface area contributed by atoms with Crippen molar-refractivity contribution in [3.63, 3.8) is 0 Å².